The van der Waals surface area contributed by atoms with E-state index in [1.54, 1.807) is 0 Å². The molecule has 2 aromatic rings. The topological polar surface area (TPSA) is 68.0 Å². The van der Waals surface area contributed by atoms with Crippen LogP contribution in [0.25, 0.3) is 0 Å². The van der Waals surface area contributed by atoms with Crippen molar-refractivity contribution < 1.29 is 9.18 Å². The summed E-state index contributed by atoms with van der Waals surface area (Å²) >= 11 is 11.5. The molecule has 1 aromatic carbocycles. The molecule has 0 atom stereocenters. The highest BCUT2D eigenvalue weighted by Gasteiger charge is 2.13. The van der Waals surface area contributed by atoms with E-state index in [9.17, 15) is 9.18 Å². The smallest absolute Gasteiger partial charge is 0.257 e. The predicted molar refractivity (Wildman–Crippen MR) is 73.0 cm³/mol. The highest BCUT2D eigenvalue weighted by molar-refractivity contribution is 6.34. The Hall–Kier alpha value is -1.85. The molecule has 3 N–H and O–H groups in total. The molecule has 0 fully saturated rings. The first-order valence-corrected chi connectivity index (χ1v) is 5.90. The number of halogens is 3. The first-order valence-electron chi connectivity index (χ1n) is 5.15. The fourth-order valence-electron chi connectivity index (χ4n) is 1.42. The molecule has 98 valence electrons. The van der Waals surface area contributed by atoms with Crippen LogP contribution < -0.4 is 11.1 Å². The summed E-state index contributed by atoms with van der Waals surface area (Å²) in [6.07, 6.45) is 1.28. The zero-order chi connectivity index (χ0) is 14.0. The number of hydrogen-bond acceptors (Lipinski definition) is 3. The largest absolute Gasteiger partial charge is 0.397 e. The Morgan fingerprint density at radius 3 is 2.74 bits per heavy atom. The van der Waals surface area contributed by atoms with Gasteiger partial charge in [-0.2, -0.15) is 0 Å². The van der Waals surface area contributed by atoms with Crippen molar-refractivity contribution in [1.29, 1.82) is 0 Å². The van der Waals surface area contributed by atoms with E-state index < -0.39 is 11.7 Å². The van der Waals surface area contributed by atoms with Crippen molar-refractivity contribution in [3.63, 3.8) is 0 Å². The highest BCUT2D eigenvalue weighted by atomic mass is 35.5. The number of nitrogen functional groups attached to an aromatic ring is 1. The van der Waals surface area contributed by atoms with Crippen molar-refractivity contribution >= 4 is 40.5 Å². The van der Waals surface area contributed by atoms with Crippen LogP contribution in [-0.2, 0) is 0 Å². The summed E-state index contributed by atoms with van der Waals surface area (Å²) in [6.45, 7) is 0. The number of nitrogens with one attached hydrogen (secondary N) is 1. The second-order valence-electron chi connectivity index (χ2n) is 3.67. The minimum atomic E-state index is -0.504. The molecule has 1 heterocycles. The Morgan fingerprint density at radius 2 is 2.05 bits per heavy atom. The van der Waals surface area contributed by atoms with Gasteiger partial charge in [-0.15, -0.1) is 0 Å². The molecular weight excluding hydrogens is 292 g/mol. The molecule has 0 unspecified atom stereocenters. The fourth-order valence-corrected chi connectivity index (χ4v) is 1.79. The van der Waals surface area contributed by atoms with E-state index in [0.29, 0.717) is 0 Å². The van der Waals surface area contributed by atoms with E-state index in [1.165, 1.54) is 24.4 Å². The molecule has 1 aromatic heterocycles. The van der Waals surface area contributed by atoms with Crippen molar-refractivity contribution in [2.45, 2.75) is 0 Å². The fraction of sp³-hybridized carbons (Fsp3) is 0. The van der Waals surface area contributed by atoms with Gasteiger partial charge in [-0.3, -0.25) is 4.79 Å². The first kappa shape index (κ1) is 13.6. The summed E-state index contributed by atoms with van der Waals surface area (Å²) in [4.78, 5) is 15.7. The lowest BCUT2D eigenvalue weighted by atomic mass is 10.2. The number of benzene rings is 1. The maximum absolute atomic E-state index is 12.9. The number of amides is 1. The van der Waals surface area contributed by atoms with E-state index in [4.69, 9.17) is 28.9 Å². The molecule has 0 saturated carbocycles. The zero-order valence-electron chi connectivity index (χ0n) is 9.45. The van der Waals surface area contributed by atoms with Gasteiger partial charge in [0.05, 0.1) is 28.2 Å². The average molecular weight is 300 g/mol. The molecule has 0 aliphatic rings. The molecule has 0 aliphatic heterocycles. The van der Waals surface area contributed by atoms with Crippen molar-refractivity contribution in [3.8, 4) is 0 Å². The number of anilines is 2. The number of pyridine rings is 1. The molecule has 0 bridgehead atoms. The second-order valence-corrected chi connectivity index (χ2v) is 4.47. The summed E-state index contributed by atoms with van der Waals surface area (Å²) < 4.78 is 12.9. The van der Waals surface area contributed by atoms with Crippen LogP contribution in [-0.4, -0.2) is 10.9 Å². The van der Waals surface area contributed by atoms with Gasteiger partial charge in [-0.05, 0) is 24.3 Å². The van der Waals surface area contributed by atoms with Gasteiger partial charge in [0.15, 0.2) is 0 Å². The Bertz CT molecular complexity index is 649. The molecule has 1 amide bonds. The number of rotatable bonds is 2. The van der Waals surface area contributed by atoms with Crippen molar-refractivity contribution in [3.05, 3.63) is 52.0 Å². The maximum Gasteiger partial charge on any atom is 0.257 e. The number of nitrogens with two attached hydrogens (primary N) is 1. The third-order valence-corrected chi connectivity index (χ3v) is 2.84. The normalized spacial score (nSPS) is 10.3. The number of carbonyl (C=O) groups is 1. The first-order chi connectivity index (χ1) is 8.97. The summed E-state index contributed by atoms with van der Waals surface area (Å²) in [6, 6.07) is 4.97. The van der Waals surface area contributed by atoms with Gasteiger partial charge in [0.1, 0.15) is 11.0 Å². The highest BCUT2D eigenvalue weighted by Crippen LogP contribution is 2.24. The Morgan fingerprint density at radius 1 is 1.32 bits per heavy atom. The molecule has 0 aliphatic carbocycles. The van der Waals surface area contributed by atoms with Crippen molar-refractivity contribution in [2.75, 3.05) is 11.1 Å². The van der Waals surface area contributed by atoms with Gasteiger partial charge >= 0.3 is 0 Å². The van der Waals surface area contributed by atoms with Gasteiger partial charge in [0.2, 0.25) is 0 Å². The summed E-state index contributed by atoms with van der Waals surface area (Å²) in [7, 11) is 0. The van der Waals surface area contributed by atoms with E-state index in [0.717, 1.165) is 6.07 Å². The van der Waals surface area contributed by atoms with Crippen molar-refractivity contribution in [2.24, 2.45) is 0 Å². The molecule has 7 heteroatoms. The van der Waals surface area contributed by atoms with Gasteiger partial charge < -0.3 is 11.1 Å². The monoisotopic (exact) mass is 299 g/mol. The van der Waals surface area contributed by atoms with Crippen LogP contribution >= 0.6 is 23.2 Å². The third kappa shape index (κ3) is 3.13. The van der Waals surface area contributed by atoms with Crippen LogP contribution in [0.2, 0.25) is 10.2 Å². The second kappa shape index (κ2) is 5.42. The van der Waals surface area contributed by atoms with Crippen LogP contribution in [0.5, 0.6) is 0 Å². The molecule has 0 spiro atoms. The minimum Gasteiger partial charge on any atom is -0.397 e. The summed E-state index contributed by atoms with van der Waals surface area (Å²) in [5.74, 6) is -0.996. The zero-order valence-corrected chi connectivity index (χ0v) is 11.0. The number of aromatic nitrogens is 1. The lowest BCUT2D eigenvalue weighted by molar-refractivity contribution is 0.102. The van der Waals surface area contributed by atoms with Crippen LogP contribution in [0.4, 0.5) is 15.8 Å². The van der Waals surface area contributed by atoms with Crippen LogP contribution in [0.3, 0.4) is 0 Å². The molecule has 4 nitrogen and oxygen atoms in total. The standard InChI is InChI=1S/C12H8Cl2FN3O/c13-8-3-6(15)1-2-10(8)18-12(19)7-4-11(14)17-5-9(7)16/h1-5H,16H2,(H,18,19). The molecule has 0 radical (unpaired) electrons. The Kier molecular flexibility index (Phi) is 3.87. The number of hydrogen-bond donors (Lipinski definition) is 2. The van der Waals surface area contributed by atoms with E-state index in [-0.39, 0.29) is 27.1 Å². The maximum atomic E-state index is 12.9. The lowest BCUT2D eigenvalue weighted by Gasteiger charge is -2.09. The van der Waals surface area contributed by atoms with Gasteiger partial charge in [0.25, 0.3) is 5.91 Å². The third-order valence-electron chi connectivity index (χ3n) is 2.33. The number of carbonyl (C=O) groups excluding carboxylic acids is 1. The van der Waals surface area contributed by atoms with E-state index in [2.05, 4.69) is 10.3 Å². The average Bonchev–Trinajstić information content (AvgIpc) is 2.35. The van der Waals surface area contributed by atoms with Gasteiger partial charge in [-0.1, -0.05) is 23.2 Å². The van der Waals surface area contributed by atoms with Crippen LogP contribution in [0.1, 0.15) is 10.4 Å². The van der Waals surface area contributed by atoms with E-state index >= 15 is 0 Å². The predicted octanol–water partition coefficient (Wildman–Crippen LogP) is 3.36. The molecule has 2 rings (SSSR count). The van der Waals surface area contributed by atoms with E-state index in [1.807, 2.05) is 0 Å². The van der Waals surface area contributed by atoms with Crippen LogP contribution in [0.15, 0.2) is 30.5 Å². The molecule has 19 heavy (non-hydrogen) atoms. The lowest BCUT2D eigenvalue weighted by Crippen LogP contribution is -2.14. The summed E-state index contributed by atoms with van der Waals surface area (Å²) in [5.41, 5.74) is 6.26. The van der Waals surface area contributed by atoms with Crippen LogP contribution in [0, 0.1) is 5.82 Å². The van der Waals surface area contributed by atoms with Crippen molar-refractivity contribution in [1.82, 2.24) is 4.98 Å². The Balaban J connectivity index is 2.28. The molecular formula is C12H8Cl2FN3O. The van der Waals surface area contributed by atoms with Gasteiger partial charge in [-0.25, -0.2) is 9.37 Å². The number of nitrogens with zero attached hydrogens (tertiary/aromatic N) is 1. The van der Waals surface area contributed by atoms with Gasteiger partial charge in [0, 0.05) is 0 Å². The minimum absolute atomic E-state index is 0.0899. The SMILES string of the molecule is Nc1cnc(Cl)cc1C(=O)Nc1ccc(F)cc1Cl. The molecule has 0 saturated heterocycles. The Labute approximate surface area is 118 Å². The quantitative estimate of drug-likeness (QED) is 0.836. The summed E-state index contributed by atoms with van der Waals surface area (Å²) in [5, 5.41) is 2.75.